The van der Waals surface area contributed by atoms with Crippen molar-refractivity contribution in [3.63, 3.8) is 0 Å². The van der Waals surface area contributed by atoms with E-state index in [4.69, 9.17) is 0 Å². The summed E-state index contributed by atoms with van der Waals surface area (Å²) in [5.74, 6) is 1.09. The van der Waals surface area contributed by atoms with E-state index in [9.17, 15) is 4.79 Å². The Morgan fingerprint density at radius 1 is 1.41 bits per heavy atom. The van der Waals surface area contributed by atoms with Crippen molar-refractivity contribution in [2.75, 3.05) is 26.7 Å². The predicted octanol–water partition coefficient (Wildman–Crippen LogP) is 2.06. The molecule has 1 atom stereocenters. The molecule has 0 aromatic heterocycles. The second kappa shape index (κ2) is 6.05. The van der Waals surface area contributed by atoms with Gasteiger partial charge in [-0.15, -0.1) is 12.4 Å². The molecule has 0 spiro atoms. The summed E-state index contributed by atoms with van der Waals surface area (Å²) < 4.78 is 0. The molecule has 2 fully saturated rings. The summed E-state index contributed by atoms with van der Waals surface area (Å²) in [6, 6.07) is 0. The van der Waals surface area contributed by atoms with E-state index < -0.39 is 0 Å². The first kappa shape index (κ1) is 14.8. The van der Waals surface area contributed by atoms with Crippen molar-refractivity contribution in [3.05, 3.63) is 0 Å². The average Bonchev–Trinajstić information content (AvgIpc) is 2.88. The number of nitrogens with zero attached hydrogens (tertiary/aromatic N) is 1. The van der Waals surface area contributed by atoms with E-state index in [-0.39, 0.29) is 17.8 Å². The van der Waals surface area contributed by atoms with E-state index in [1.165, 1.54) is 19.3 Å². The lowest BCUT2D eigenvalue weighted by atomic mass is 9.87. The number of carbonyl (C=O) groups is 1. The Hall–Kier alpha value is -0.280. The monoisotopic (exact) mass is 260 g/mol. The number of hydrogen-bond donors (Lipinski definition) is 1. The highest BCUT2D eigenvalue weighted by Gasteiger charge is 2.40. The molecule has 0 aromatic carbocycles. The molecular weight excluding hydrogens is 236 g/mol. The first-order valence-corrected chi connectivity index (χ1v) is 6.60. The zero-order chi connectivity index (χ0) is 11.6. The lowest BCUT2D eigenvalue weighted by Crippen LogP contribution is -2.40. The van der Waals surface area contributed by atoms with Gasteiger partial charge < -0.3 is 10.2 Å². The smallest absolute Gasteiger partial charge is 0.228 e. The molecule has 1 saturated heterocycles. The van der Waals surface area contributed by atoms with Crippen LogP contribution >= 0.6 is 12.4 Å². The highest BCUT2D eigenvalue weighted by Crippen LogP contribution is 2.40. The van der Waals surface area contributed by atoms with Crippen molar-refractivity contribution >= 4 is 18.3 Å². The molecule has 1 saturated carbocycles. The van der Waals surface area contributed by atoms with E-state index >= 15 is 0 Å². The van der Waals surface area contributed by atoms with Crippen LogP contribution in [0.1, 0.15) is 39.0 Å². The minimum atomic E-state index is -0.0332. The van der Waals surface area contributed by atoms with Crippen LogP contribution in [0.15, 0.2) is 0 Å². The Balaban J connectivity index is 0.00000144. The Morgan fingerprint density at radius 2 is 2.06 bits per heavy atom. The Kier molecular flexibility index (Phi) is 5.26. The molecule has 1 aliphatic carbocycles. The molecule has 1 amide bonds. The maximum Gasteiger partial charge on any atom is 0.228 e. The highest BCUT2D eigenvalue weighted by molar-refractivity contribution is 5.85. The molecular formula is C13H25ClN2O. The van der Waals surface area contributed by atoms with E-state index in [1.807, 2.05) is 7.05 Å². The molecule has 2 rings (SSSR count). The van der Waals surface area contributed by atoms with Crippen LogP contribution in [0.5, 0.6) is 0 Å². The summed E-state index contributed by atoms with van der Waals surface area (Å²) in [4.78, 5) is 14.5. The zero-order valence-electron chi connectivity index (χ0n) is 11.0. The van der Waals surface area contributed by atoms with Crippen molar-refractivity contribution < 1.29 is 4.79 Å². The quantitative estimate of drug-likeness (QED) is 0.843. The number of nitrogens with one attached hydrogen (secondary N) is 1. The maximum absolute atomic E-state index is 12.4. The van der Waals surface area contributed by atoms with Gasteiger partial charge in [-0.05, 0) is 38.8 Å². The van der Waals surface area contributed by atoms with Crippen molar-refractivity contribution in [1.82, 2.24) is 10.2 Å². The van der Waals surface area contributed by atoms with E-state index in [0.717, 1.165) is 32.5 Å². The van der Waals surface area contributed by atoms with E-state index in [2.05, 4.69) is 17.1 Å². The number of hydrogen-bond acceptors (Lipinski definition) is 2. The Morgan fingerprint density at radius 3 is 2.65 bits per heavy atom. The SMILES string of the molecule is CNCC1CCN(C(=O)C2(C)CCCC2)C1.Cl. The third kappa shape index (κ3) is 3.14. The van der Waals surface area contributed by atoms with Crippen LogP contribution in [0.25, 0.3) is 0 Å². The topological polar surface area (TPSA) is 32.3 Å². The van der Waals surface area contributed by atoms with Crippen LogP contribution in [0, 0.1) is 11.3 Å². The largest absolute Gasteiger partial charge is 0.342 e. The summed E-state index contributed by atoms with van der Waals surface area (Å²) in [6.45, 7) is 5.14. The standard InChI is InChI=1S/C13H24N2O.ClH/c1-13(6-3-4-7-13)12(16)15-8-5-11(10-15)9-14-2;/h11,14H,3-10H2,1-2H3;1H. The zero-order valence-corrected chi connectivity index (χ0v) is 11.8. The highest BCUT2D eigenvalue weighted by atomic mass is 35.5. The second-order valence-electron chi connectivity index (χ2n) is 5.73. The summed E-state index contributed by atoms with van der Waals surface area (Å²) in [6.07, 6.45) is 5.83. The molecule has 1 unspecified atom stereocenters. The van der Waals surface area contributed by atoms with Gasteiger partial charge in [-0.25, -0.2) is 0 Å². The van der Waals surface area contributed by atoms with Gasteiger partial charge in [0.05, 0.1) is 0 Å². The number of halogens is 1. The van der Waals surface area contributed by atoms with Crippen molar-refractivity contribution in [2.24, 2.45) is 11.3 Å². The van der Waals surface area contributed by atoms with Gasteiger partial charge >= 0.3 is 0 Å². The van der Waals surface area contributed by atoms with Crippen LogP contribution in [-0.2, 0) is 4.79 Å². The average molecular weight is 261 g/mol. The number of rotatable bonds is 3. The maximum atomic E-state index is 12.4. The Bertz CT molecular complexity index is 264. The van der Waals surface area contributed by atoms with Crippen molar-refractivity contribution in [3.8, 4) is 0 Å². The fourth-order valence-electron chi connectivity index (χ4n) is 3.22. The van der Waals surface area contributed by atoms with Gasteiger partial charge in [0.15, 0.2) is 0 Å². The molecule has 17 heavy (non-hydrogen) atoms. The third-order valence-corrected chi connectivity index (χ3v) is 4.29. The number of carbonyl (C=O) groups excluding carboxylic acids is 1. The van der Waals surface area contributed by atoms with Crippen LogP contribution in [0.3, 0.4) is 0 Å². The normalized spacial score (nSPS) is 26.9. The van der Waals surface area contributed by atoms with Gasteiger partial charge in [0, 0.05) is 18.5 Å². The summed E-state index contributed by atoms with van der Waals surface area (Å²) >= 11 is 0. The fourth-order valence-corrected chi connectivity index (χ4v) is 3.22. The molecule has 1 heterocycles. The summed E-state index contributed by atoms with van der Waals surface area (Å²) in [7, 11) is 1.99. The molecule has 1 aliphatic heterocycles. The second-order valence-corrected chi connectivity index (χ2v) is 5.73. The van der Waals surface area contributed by atoms with Crippen LogP contribution in [0.4, 0.5) is 0 Å². The first-order chi connectivity index (χ1) is 7.65. The lowest BCUT2D eigenvalue weighted by Gasteiger charge is -2.28. The molecule has 0 radical (unpaired) electrons. The van der Waals surface area contributed by atoms with Gasteiger partial charge in [-0.1, -0.05) is 19.8 Å². The molecule has 2 aliphatic rings. The van der Waals surface area contributed by atoms with Crippen LogP contribution in [0.2, 0.25) is 0 Å². The van der Waals surface area contributed by atoms with Gasteiger partial charge in [-0.3, -0.25) is 4.79 Å². The number of likely N-dealkylation sites (tertiary alicyclic amines) is 1. The van der Waals surface area contributed by atoms with Crippen molar-refractivity contribution in [2.45, 2.75) is 39.0 Å². The van der Waals surface area contributed by atoms with Gasteiger partial charge in [0.2, 0.25) is 5.91 Å². The molecule has 4 heteroatoms. The molecule has 0 bridgehead atoms. The summed E-state index contributed by atoms with van der Waals surface area (Å²) in [5, 5.41) is 3.21. The molecule has 1 N–H and O–H groups in total. The van der Waals surface area contributed by atoms with Crippen LogP contribution < -0.4 is 5.32 Å². The summed E-state index contributed by atoms with van der Waals surface area (Å²) in [5.41, 5.74) is -0.0332. The van der Waals surface area contributed by atoms with Crippen LogP contribution in [-0.4, -0.2) is 37.5 Å². The number of amides is 1. The minimum Gasteiger partial charge on any atom is -0.342 e. The predicted molar refractivity (Wildman–Crippen MR) is 72.4 cm³/mol. The van der Waals surface area contributed by atoms with Crippen molar-refractivity contribution in [1.29, 1.82) is 0 Å². The third-order valence-electron chi connectivity index (χ3n) is 4.29. The van der Waals surface area contributed by atoms with Gasteiger partial charge in [-0.2, -0.15) is 0 Å². The van der Waals surface area contributed by atoms with E-state index in [1.54, 1.807) is 0 Å². The van der Waals surface area contributed by atoms with E-state index in [0.29, 0.717) is 11.8 Å². The fraction of sp³-hybridized carbons (Fsp3) is 0.923. The molecule has 100 valence electrons. The molecule has 0 aromatic rings. The minimum absolute atomic E-state index is 0. The first-order valence-electron chi connectivity index (χ1n) is 6.60. The lowest BCUT2D eigenvalue weighted by molar-refractivity contribution is -0.140. The van der Waals surface area contributed by atoms with Gasteiger partial charge in [0.25, 0.3) is 0 Å². The molecule has 3 nitrogen and oxygen atoms in total. The van der Waals surface area contributed by atoms with Gasteiger partial charge in [0.1, 0.15) is 0 Å². The Labute approximate surface area is 111 Å².